The van der Waals surface area contributed by atoms with Crippen molar-refractivity contribution >= 4 is 5.78 Å². The van der Waals surface area contributed by atoms with Gasteiger partial charge in [-0.15, -0.1) is 0 Å². The number of nitrogens with zero attached hydrogens (tertiary/aromatic N) is 1. The van der Waals surface area contributed by atoms with Crippen LogP contribution < -0.4 is 0 Å². The van der Waals surface area contributed by atoms with Crippen molar-refractivity contribution in [2.24, 2.45) is 5.92 Å². The molecule has 0 spiro atoms. The summed E-state index contributed by atoms with van der Waals surface area (Å²) in [5.41, 5.74) is 0. The van der Waals surface area contributed by atoms with E-state index in [0.717, 1.165) is 0 Å². The number of hydrogen-bond acceptors (Lipinski definition) is 4. The highest BCUT2D eigenvalue weighted by molar-refractivity contribution is 5.78. The summed E-state index contributed by atoms with van der Waals surface area (Å²) in [6.07, 6.45) is 0.624. The summed E-state index contributed by atoms with van der Waals surface area (Å²) in [7, 11) is 0. The Morgan fingerprint density at radius 3 is 2.90 bits per heavy atom. The molecule has 1 atom stereocenters. The molecule has 0 saturated carbocycles. The maximum Gasteiger partial charge on any atom is 0.135 e. The Balaban J connectivity index is 2.33. The molecular formula is C6H10NO3-. The van der Waals surface area contributed by atoms with Crippen molar-refractivity contribution in [1.82, 2.24) is 5.23 Å². The molecule has 1 aliphatic rings. The summed E-state index contributed by atoms with van der Waals surface area (Å²) in [6, 6.07) is 0. The number of carbonyl (C=O) groups is 1. The van der Waals surface area contributed by atoms with Gasteiger partial charge in [-0.2, -0.15) is 0 Å². The molecule has 1 aliphatic heterocycles. The van der Waals surface area contributed by atoms with E-state index in [2.05, 4.69) is 4.84 Å². The highest BCUT2D eigenvalue weighted by atomic mass is 16.9. The van der Waals surface area contributed by atoms with Gasteiger partial charge in [0, 0.05) is 12.5 Å². The Hall–Kier alpha value is -0.450. The third-order valence-electron chi connectivity index (χ3n) is 1.65. The molecule has 0 amide bonds. The minimum atomic E-state index is -0.0646. The average Bonchev–Trinajstić information content (AvgIpc) is 1.88. The van der Waals surface area contributed by atoms with Gasteiger partial charge in [0.2, 0.25) is 0 Å². The van der Waals surface area contributed by atoms with Crippen molar-refractivity contribution in [2.75, 3.05) is 13.2 Å². The SMILES string of the molecule is CC(=O)C1CCN([O-])OC1. The van der Waals surface area contributed by atoms with Gasteiger partial charge < -0.3 is 10.0 Å². The van der Waals surface area contributed by atoms with Gasteiger partial charge in [-0.05, 0) is 13.3 Å². The highest BCUT2D eigenvalue weighted by Crippen LogP contribution is 2.12. The third-order valence-corrected chi connectivity index (χ3v) is 1.65. The molecule has 0 bridgehead atoms. The van der Waals surface area contributed by atoms with Crippen LogP contribution in [0.25, 0.3) is 0 Å². The fourth-order valence-corrected chi connectivity index (χ4v) is 0.903. The second-order valence-electron chi connectivity index (χ2n) is 2.45. The smallest absolute Gasteiger partial charge is 0.135 e. The quantitative estimate of drug-likeness (QED) is 0.532. The maximum absolute atomic E-state index is 10.7. The first kappa shape index (κ1) is 7.65. The summed E-state index contributed by atoms with van der Waals surface area (Å²) in [4.78, 5) is 15.3. The van der Waals surface area contributed by atoms with E-state index in [4.69, 9.17) is 0 Å². The van der Waals surface area contributed by atoms with Gasteiger partial charge in [-0.25, -0.2) is 0 Å². The molecule has 1 saturated heterocycles. The molecular weight excluding hydrogens is 134 g/mol. The zero-order valence-electron chi connectivity index (χ0n) is 5.87. The number of Topliss-reactive ketones (excluding diaryl/α,β-unsaturated/α-hetero) is 1. The van der Waals surface area contributed by atoms with Crippen molar-refractivity contribution in [1.29, 1.82) is 0 Å². The van der Waals surface area contributed by atoms with Crippen LogP contribution >= 0.6 is 0 Å². The lowest BCUT2D eigenvalue weighted by atomic mass is 10.0. The Morgan fingerprint density at radius 1 is 1.80 bits per heavy atom. The second-order valence-corrected chi connectivity index (χ2v) is 2.45. The first-order chi connectivity index (χ1) is 4.70. The van der Waals surface area contributed by atoms with Gasteiger partial charge in [0.1, 0.15) is 5.78 Å². The second kappa shape index (κ2) is 3.09. The monoisotopic (exact) mass is 144 g/mol. The van der Waals surface area contributed by atoms with Gasteiger partial charge in [0.15, 0.2) is 0 Å². The minimum Gasteiger partial charge on any atom is -0.762 e. The Kier molecular flexibility index (Phi) is 2.37. The summed E-state index contributed by atoms with van der Waals surface area (Å²) >= 11 is 0. The standard InChI is InChI=1S/C6H10NO3/c1-5(8)6-2-3-7(9)10-4-6/h6H,2-4H2,1H3/q-1. The number of rotatable bonds is 1. The van der Waals surface area contributed by atoms with Crippen molar-refractivity contribution in [3.8, 4) is 0 Å². The van der Waals surface area contributed by atoms with E-state index in [0.29, 0.717) is 18.2 Å². The van der Waals surface area contributed by atoms with E-state index >= 15 is 0 Å². The van der Waals surface area contributed by atoms with Crippen LogP contribution in [0.2, 0.25) is 0 Å². The van der Waals surface area contributed by atoms with Crippen LogP contribution in [0.5, 0.6) is 0 Å². The molecule has 1 unspecified atom stereocenters. The summed E-state index contributed by atoms with van der Waals surface area (Å²) in [6.45, 7) is 2.08. The zero-order valence-corrected chi connectivity index (χ0v) is 5.87. The van der Waals surface area contributed by atoms with E-state index in [1.54, 1.807) is 0 Å². The van der Waals surface area contributed by atoms with Gasteiger partial charge in [0.25, 0.3) is 0 Å². The first-order valence-corrected chi connectivity index (χ1v) is 3.28. The predicted molar refractivity (Wildman–Crippen MR) is 34.8 cm³/mol. The summed E-state index contributed by atoms with van der Waals surface area (Å²) in [5, 5.41) is 10.9. The summed E-state index contributed by atoms with van der Waals surface area (Å²) < 4.78 is 0. The average molecular weight is 144 g/mol. The van der Waals surface area contributed by atoms with Crippen LogP contribution in [0.3, 0.4) is 0 Å². The van der Waals surface area contributed by atoms with Gasteiger partial charge >= 0.3 is 0 Å². The predicted octanol–water partition coefficient (Wildman–Crippen LogP) is 0.327. The highest BCUT2D eigenvalue weighted by Gasteiger charge is 2.18. The maximum atomic E-state index is 10.7. The lowest BCUT2D eigenvalue weighted by molar-refractivity contribution is -0.168. The van der Waals surface area contributed by atoms with Crippen molar-refractivity contribution in [3.63, 3.8) is 0 Å². The molecule has 0 aliphatic carbocycles. The van der Waals surface area contributed by atoms with Gasteiger partial charge in [-0.1, -0.05) is 0 Å². The van der Waals surface area contributed by atoms with Gasteiger partial charge in [-0.3, -0.25) is 10.0 Å². The fourth-order valence-electron chi connectivity index (χ4n) is 0.903. The number of carbonyl (C=O) groups excluding carboxylic acids is 1. The molecule has 10 heavy (non-hydrogen) atoms. The first-order valence-electron chi connectivity index (χ1n) is 3.28. The number of ketones is 1. The van der Waals surface area contributed by atoms with Gasteiger partial charge in [0.05, 0.1) is 6.61 Å². The Morgan fingerprint density at radius 2 is 2.50 bits per heavy atom. The van der Waals surface area contributed by atoms with E-state index in [1.165, 1.54) is 6.92 Å². The van der Waals surface area contributed by atoms with Crippen LogP contribution in [-0.4, -0.2) is 24.2 Å². The third kappa shape index (κ3) is 1.76. The van der Waals surface area contributed by atoms with Crippen LogP contribution in [0.1, 0.15) is 13.3 Å². The molecule has 0 aromatic carbocycles. The molecule has 4 nitrogen and oxygen atoms in total. The van der Waals surface area contributed by atoms with E-state index < -0.39 is 0 Å². The molecule has 58 valence electrons. The molecule has 0 aromatic rings. The molecule has 1 heterocycles. The number of hydroxylamine groups is 2. The largest absolute Gasteiger partial charge is 0.762 e. The van der Waals surface area contributed by atoms with Crippen molar-refractivity contribution < 1.29 is 9.63 Å². The van der Waals surface area contributed by atoms with Crippen LogP contribution in [0, 0.1) is 11.1 Å². The minimum absolute atomic E-state index is 0.0646. The molecule has 0 N–H and O–H groups in total. The zero-order chi connectivity index (χ0) is 7.56. The van der Waals surface area contributed by atoms with Crippen LogP contribution in [0.4, 0.5) is 0 Å². The number of hydrogen-bond donors (Lipinski definition) is 0. The van der Waals surface area contributed by atoms with E-state index in [1.807, 2.05) is 0 Å². The van der Waals surface area contributed by atoms with Crippen molar-refractivity contribution in [2.45, 2.75) is 13.3 Å². The van der Waals surface area contributed by atoms with Crippen molar-refractivity contribution in [3.05, 3.63) is 5.21 Å². The molecule has 1 fully saturated rings. The van der Waals surface area contributed by atoms with E-state index in [9.17, 15) is 10.0 Å². The summed E-state index contributed by atoms with van der Waals surface area (Å²) in [5.74, 6) is 0.0401. The molecule has 0 aromatic heterocycles. The lowest BCUT2D eigenvalue weighted by Gasteiger charge is -2.34. The molecule has 0 radical (unpaired) electrons. The van der Waals surface area contributed by atoms with E-state index in [-0.39, 0.29) is 18.3 Å². The Bertz CT molecular complexity index is 129. The molecule has 1 rings (SSSR count). The van der Waals surface area contributed by atoms with Crippen LogP contribution in [-0.2, 0) is 9.63 Å². The fraction of sp³-hybridized carbons (Fsp3) is 0.833. The Labute approximate surface area is 59.3 Å². The molecule has 4 heteroatoms. The normalized spacial score (nSPS) is 28.4. The van der Waals surface area contributed by atoms with Crippen LogP contribution in [0.15, 0.2) is 0 Å². The lowest BCUT2D eigenvalue weighted by Crippen LogP contribution is -2.33. The topological polar surface area (TPSA) is 52.6 Å².